The van der Waals surface area contributed by atoms with E-state index >= 15 is 0 Å². The molecule has 1 aliphatic heterocycles. The Bertz CT molecular complexity index is 148. The Hall–Kier alpha value is -0.420. The lowest BCUT2D eigenvalue weighted by molar-refractivity contribution is 0.178. The van der Waals surface area contributed by atoms with Gasteiger partial charge in [0.05, 0.1) is 7.11 Å². The number of rotatable bonds is 2. The number of piperidine rings is 1. The largest absolute Gasteiger partial charge is 0.452 e. The van der Waals surface area contributed by atoms with Crippen molar-refractivity contribution in [3.63, 3.8) is 0 Å². The van der Waals surface area contributed by atoms with E-state index in [9.17, 15) is 4.79 Å². The van der Waals surface area contributed by atoms with Gasteiger partial charge in [-0.25, -0.2) is 9.10 Å². The number of methoxy groups -OCH3 is 1. The number of ether oxygens (including phenoxy) is 1. The molecule has 70 valence electrons. The predicted molar refractivity (Wildman–Crippen MR) is 48.6 cm³/mol. The van der Waals surface area contributed by atoms with E-state index in [-0.39, 0.29) is 6.09 Å². The maximum absolute atomic E-state index is 10.7. The van der Waals surface area contributed by atoms with Gasteiger partial charge in [0, 0.05) is 25.2 Å². The molecule has 1 saturated heterocycles. The molecule has 1 N–H and O–H groups in total. The maximum atomic E-state index is 10.7. The third-order valence-corrected chi connectivity index (χ3v) is 2.64. The van der Waals surface area contributed by atoms with Gasteiger partial charge in [0.25, 0.3) is 0 Å². The van der Waals surface area contributed by atoms with Crippen LogP contribution in [0.25, 0.3) is 0 Å². The van der Waals surface area contributed by atoms with Crippen molar-refractivity contribution in [2.45, 2.75) is 19.3 Å². The lowest BCUT2D eigenvalue weighted by Gasteiger charge is -2.24. The molecule has 1 aliphatic rings. The fourth-order valence-corrected chi connectivity index (χ4v) is 1.83. The van der Waals surface area contributed by atoms with Crippen LogP contribution in [0, 0.1) is 0 Å². The molecule has 0 aromatic rings. The molecule has 1 amide bonds. The third kappa shape index (κ3) is 3.32. The zero-order chi connectivity index (χ0) is 8.81. The van der Waals surface area contributed by atoms with Crippen molar-refractivity contribution in [2.75, 3.05) is 20.2 Å². The van der Waals surface area contributed by atoms with E-state index in [1.807, 2.05) is 0 Å². The number of carbonyl (C=O) groups is 1. The van der Waals surface area contributed by atoms with E-state index in [0.717, 1.165) is 13.1 Å². The number of hydrogen-bond acceptors (Lipinski definition) is 4. The molecule has 0 aromatic heterocycles. The average Bonchev–Trinajstić information content (AvgIpc) is 2.16. The minimum atomic E-state index is -0.384. The normalized spacial score (nSPS) is 18.8. The van der Waals surface area contributed by atoms with Gasteiger partial charge < -0.3 is 4.74 Å². The standard InChI is InChI=1S/C7H14N2O2S/c1-11-7(10)8-12-9-5-3-2-4-6-9/h2-6H2,1H3,(H,8,10). The second-order valence-corrected chi connectivity index (χ2v) is 3.58. The Labute approximate surface area is 76.9 Å². The zero-order valence-electron chi connectivity index (χ0n) is 7.21. The van der Waals surface area contributed by atoms with E-state index in [0.29, 0.717) is 0 Å². The molecule has 0 bridgehead atoms. The Balaban J connectivity index is 2.09. The third-order valence-electron chi connectivity index (χ3n) is 1.76. The van der Waals surface area contributed by atoms with Crippen LogP contribution in [0.1, 0.15) is 19.3 Å². The van der Waals surface area contributed by atoms with Gasteiger partial charge in [-0.1, -0.05) is 6.42 Å². The van der Waals surface area contributed by atoms with E-state index in [1.165, 1.54) is 38.5 Å². The summed E-state index contributed by atoms with van der Waals surface area (Å²) in [5, 5.41) is 0. The summed E-state index contributed by atoms with van der Waals surface area (Å²) in [7, 11) is 1.37. The van der Waals surface area contributed by atoms with Crippen molar-refractivity contribution < 1.29 is 9.53 Å². The van der Waals surface area contributed by atoms with Crippen LogP contribution in [0.5, 0.6) is 0 Å². The van der Waals surface area contributed by atoms with Gasteiger partial charge in [0.2, 0.25) is 0 Å². The average molecular weight is 190 g/mol. The van der Waals surface area contributed by atoms with Crippen LogP contribution in [-0.2, 0) is 4.74 Å². The Morgan fingerprint density at radius 2 is 2.08 bits per heavy atom. The number of carbonyl (C=O) groups excluding carboxylic acids is 1. The molecule has 1 heterocycles. The van der Waals surface area contributed by atoms with Crippen molar-refractivity contribution in [2.24, 2.45) is 0 Å². The molecule has 0 saturated carbocycles. The molecular weight excluding hydrogens is 176 g/mol. The minimum Gasteiger partial charge on any atom is -0.452 e. The van der Waals surface area contributed by atoms with Gasteiger partial charge in [0.1, 0.15) is 0 Å². The van der Waals surface area contributed by atoms with Gasteiger partial charge in [-0.05, 0) is 12.8 Å². The first-order valence-electron chi connectivity index (χ1n) is 4.09. The molecule has 4 nitrogen and oxygen atoms in total. The van der Waals surface area contributed by atoms with Crippen molar-refractivity contribution in [3.8, 4) is 0 Å². The van der Waals surface area contributed by atoms with E-state index in [4.69, 9.17) is 0 Å². The van der Waals surface area contributed by atoms with Crippen LogP contribution < -0.4 is 4.72 Å². The first-order chi connectivity index (χ1) is 5.83. The highest BCUT2D eigenvalue weighted by atomic mass is 32.2. The lowest BCUT2D eigenvalue weighted by Crippen LogP contribution is -2.29. The van der Waals surface area contributed by atoms with E-state index < -0.39 is 0 Å². The molecule has 0 aromatic carbocycles. The minimum absolute atomic E-state index is 0.384. The molecule has 0 unspecified atom stereocenters. The summed E-state index contributed by atoms with van der Waals surface area (Å²) >= 11 is 1.34. The summed E-state index contributed by atoms with van der Waals surface area (Å²) in [6.45, 7) is 2.10. The van der Waals surface area contributed by atoms with E-state index in [1.54, 1.807) is 0 Å². The highest BCUT2D eigenvalue weighted by Crippen LogP contribution is 2.15. The van der Waals surface area contributed by atoms with E-state index in [2.05, 4.69) is 13.8 Å². The van der Waals surface area contributed by atoms with Crippen molar-refractivity contribution >= 4 is 18.2 Å². The first-order valence-corrected chi connectivity index (χ1v) is 4.86. The van der Waals surface area contributed by atoms with Crippen molar-refractivity contribution in [1.29, 1.82) is 0 Å². The zero-order valence-corrected chi connectivity index (χ0v) is 8.02. The van der Waals surface area contributed by atoms with Gasteiger partial charge in [-0.3, -0.25) is 4.72 Å². The number of hydrogen-bond donors (Lipinski definition) is 1. The van der Waals surface area contributed by atoms with Crippen molar-refractivity contribution in [1.82, 2.24) is 9.03 Å². The fraction of sp³-hybridized carbons (Fsp3) is 0.857. The Morgan fingerprint density at radius 1 is 1.42 bits per heavy atom. The van der Waals surface area contributed by atoms with Crippen molar-refractivity contribution in [3.05, 3.63) is 0 Å². The number of nitrogens with zero attached hydrogens (tertiary/aromatic N) is 1. The second kappa shape index (κ2) is 5.27. The molecular formula is C7H14N2O2S. The summed E-state index contributed by atoms with van der Waals surface area (Å²) in [5.41, 5.74) is 0. The number of amides is 1. The smallest absolute Gasteiger partial charge is 0.417 e. The van der Waals surface area contributed by atoms with Crippen LogP contribution >= 0.6 is 12.1 Å². The maximum Gasteiger partial charge on any atom is 0.417 e. The second-order valence-electron chi connectivity index (χ2n) is 2.67. The summed E-state index contributed by atoms with van der Waals surface area (Å²) in [5.74, 6) is 0. The number of nitrogens with one attached hydrogen (secondary N) is 1. The predicted octanol–water partition coefficient (Wildman–Crippen LogP) is 1.39. The molecule has 0 spiro atoms. The molecule has 0 atom stereocenters. The Kier molecular flexibility index (Phi) is 4.24. The monoisotopic (exact) mass is 190 g/mol. The summed E-state index contributed by atoms with van der Waals surface area (Å²) in [6.07, 6.45) is 3.35. The molecule has 0 radical (unpaired) electrons. The molecule has 0 aliphatic carbocycles. The first kappa shape index (κ1) is 9.67. The van der Waals surface area contributed by atoms with Crippen LogP contribution in [0.4, 0.5) is 4.79 Å². The van der Waals surface area contributed by atoms with Gasteiger partial charge in [-0.2, -0.15) is 0 Å². The van der Waals surface area contributed by atoms with Crippen LogP contribution in [0.3, 0.4) is 0 Å². The summed E-state index contributed by atoms with van der Waals surface area (Å²) in [4.78, 5) is 10.7. The van der Waals surface area contributed by atoms with Gasteiger partial charge >= 0.3 is 6.09 Å². The van der Waals surface area contributed by atoms with Gasteiger partial charge in [-0.15, -0.1) is 0 Å². The molecule has 12 heavy (non-hydrogen) atoms. The molecule has 1 rings (SSSR count). The Morgan fingerprint density at radius 3 is 2.67 bits per heavy atom. The van der Waals surface area contributed by atoms with Crippen LogP contribution in [0.15, 0.2) is 0 Å². The fourth-order valence-electron chi connectivity index (χ4n) is 1.10. The quantitative estimate of drug-likeness (QED) is 0.668. The van der Waals surface area contributed by atoms with Gasteiger partial charge in [0.15, 0.2) is 0 Å². The lowest BCUT2D eigenvalue weighted by atomic mass is 10.2. The summed E-state index contributed by atoms with van der Waals surface area (Å²) < 4.78 is 9.17. The highest BCUT2D eigenvalue weighted by molar-refractivity contribution is 7.95. The van der Waals surface area contributed by atoms with Crippen LogP contribution in [0.2, 0.25) is 0 Å². The molecule has 5 heteroatoms. The molecule has 1 fully saturated rings. The topological polar surface area (TPSA) is 41.6 Å². The van der Waals surface area contributed by atoms with Crippen LogP contribution in [-0.4, -0.2) is 30.6 Å². The summed E-state index contributed by atoms with van der Waals surface area (Å²) in [6, 6.07) is 0. The SMILES string of the molecule is COC(=O)NSN1CCCCC1. The highest BCUT2D eigenvalue weighted by Gasteiger charge is 2.11.